The van der Waals surface area contributed by atoms with E-state index in [-0.39, 0.29) is 29.7 Å². The summed E-state index contributed by atoms with van der Waals surface area (Å²) in [6.45, 7) is 4.80. The van der Waals surface area contributed by atoms with Crippen molar-refractivity contribution in [2.45, 2.75) is 64.0 Å². The Morgan fingerprint density at radius 3 is 2.78 bits per heavy atom. The van der Waals surface area contributed by atoms with Gasteiger partial charge in [0, 0.05) is 30.6 Å². The Kier molecular flexibility index (Phi) is 6.22. The second kappa shape index (κ2) is 8.28. The van der Waals surface area contributed by atoms with Gasteiger partial charge in [0.1, 0.15) is 5.76 Å². The first kappa shape index (κ1) is 20.3. The normalized spacial score (nSPS) is 24.3. The summed E-state index contributed by atoms with van der Waals surface area (Å²) in [5, 5.41) is 6.88. The Balaban J connectivity index is 1.62. The molecular formula is C18H30N4O4S. The summed E-state index contributed by atoms with van der Waals surface area (Å²) in [5.74, 6) is 1.17. The van der Waals surface area contributed by atoms with Crippen LogP contribution in [0, 0.1) is 5.92 Å². The van der Waals surface area contributed by atoms with Crippen molar-refractivity contribution in [3.63, 3.8) is 0 Å². The fourth-order valence-corrected chi connectivity index (χ4v) is 5.55. The summed E-state index contributed by atoms with van der Waals surface area (Å²) >= 11 is 0. The molecule has 2 aliphatic rings. The zero-order chi connectivity index (χ0) is 19.6. The van der Waals surface area contributed by atoms with Crippen molar-refractivity contribution in [2.24, 2.45) is 11.7 Å². The molecule has 2 heterocycles. The molecule has 1 aliphatic carbocycles. The van der Waals surface area contributed by atoms with Crippen LogP contribution in [-0.4, -0.2) is 54.7 Å². The van der Waals surface area contributed by atoms with E-state index in [1.807, 2.05) is 13.8 Å². The number of rotatable bonds is 8. The third-order valence-electron chi connectivity index (χ3n) is 5.40. The third-order valence-corrected chi connectivity index (χ3v) is 7.38. The van der Waals surface area contributed by atoms with Gasteiger partial charge in [-0.25, -0.2) is 8.42 Å². The van der Waals surface area contributed by atoms with Crippen LogP contribution in [0.4, 0.5) is 0 Å². The van der Waals surface area contributed by atoms with E-state index in [0.29, 0.717) is 44.0 Å². The molecule has 1 saturated heterocycles. The topological polar surface area (TPSA) is 119 Å². The van der Waals surface area contributed by atoms with Crippen molar-refractivity contribution in [3.8, 4) is 0 Å². The van der Waals surface area contributed by atoms with Gasteiger partial charge in [0.15, 0.2) is 5.69 Å². The maximum Gasteiger partial charge on any atom is 0.273 e. The highest BCUT2D eigenvalue weighted by atomic mass is 32.2. The Morgan fingerprint density at radius 1 is 1.41 bits per heavy atom. The monoisotopic (exact) mass is 398 g/mol. The minimum atomic E-state index is -3.33. The molecule has 0 bridgehead atoms. The van der Waals surface area contributed by atoms with Crippen LogP contribution in [0.5, 0.6) is 0 Å². The highest BCUT2D eigenvalue weighted by molar-refractivity contribution is 7.89. The zero-order valence-electron chi connectivity index (χ0n) is 16.1. The first-order chi connectivity index (χ1) is 12.8. The largest absolute Gasteiger partial charge is 0.360 e. The molecule has 152 valence electrons. The summed E-state index contributed by atoms with van der Waals surface area (Å²) in [6.07, 6.45) is 3.81. The lowest BCUT2D eigenvalue weighted by Gasteiger charge is -2.40. The molecule has 1 amide bonds. The number of nitrogens with one attached hydrogen (secondary N) is 1. The van der Waals surface area contributed by atoms with Crippen LogP contribution >= 0.6 is 0 Å². The number of sulfonamides is 1. The van der Waals surface area contributed by atoms with Crippen molar-refractivity contribution in [2.75, 3.05) is 18.8 Å². The van der Waals surface area contributed by atoms with E-state index in [0.717, 1.165) is 18.6 Å². The number of hydrogen-bond acceptors (Lipinski definition) is 6. The Bertz CT molecular complexity index is 757. The minimum absolute atomic E-state index is 0.0760. The number of aromatic nitrogens is 1. The molecule has 1 aromatic heterocycles. The molecule has 3 rings (SSSR count). The molecule has 27 heavy (non-hydrogen) atoms. The number of amides is 1. The maximum absolute atomic E-state index is 12.6. The predicted octanol–water partition coefficient (Wildman–Crippen LogP) is 1.45. The van der Waals surface area contributed by atoms with Gasteiger partial charge in [-0.3, -0.25) is 4.79 Å². The van der Waals surface area contributed by atoms with E-state index in [4.69, 9.17) is 10.3 Å². The predicted molar refractivity (Wildman–Crippen MR) is 102 cm³/mol. The summed E-state index contributed by atoms with van der Waals surface area (Å²) in [7, 11) is -3.33. The first-order valence-corrected chi connectivity index (χ1v) is 11.4. The number of piperidine rings is 1. The van der Waals surface area contributed by atoms with Crippen LogP contribution in [0.2, 0.25) is 0 Å². The maximum atomic E-state index is 12.6. The molecule has 0 radical (unpaired) electrons. The van der Waals surface area contributed by atoms with E-state index in [1.54, 1.807) is 10.4 Å². The molecule has 9 heteroatoms. The molecule has 1 aromatic rings. The van der Waals surface area contributed by atoms with Gasteiger partial charge in [0.2, 0.25) is 10.0 Å². The van der Waals surface area contributed by atoms with Crippen LogP contribution in [-0.2, 0) is 10.0 Å². The summed E-state index contributed by atoms with van der Waals surface area (Å²) in [6, 6.07) is 1.51. The highest BCUT2D eigenvalue weighted by Gasteiger charge is 2.38. The second-order valence-corrected chi connectivity index (χ2v) is 10.0. The quantitative estimate of drug-likeness (QED) is 0.684. The average molecular weight is 399 g/mol. The van der Waals surface area contributed by atoms with Gasteiger partial charge in [-0.1, -0.05) is 19.0 Å². The Labute approximate surface area is 160 Å². The van der Waals surface area contributed by atoms with Crippen LogP contribution in [0.3, 0.4) is 0 Å². The van der Waals surface area contributed by atoms with E-state index < -0.39 is 10.0 Å². The van der Waals surface area contributed by atoms with Gasteiger partial charge in [0.25, 0.3) is 5.91 Å². The fraction of sp³-hybridized carbons (Fsp3) is 0.778. The van der Waals surface area contributed by atoms with Gasteiger partial charge in [-0.2, -0.15) is 4.31 Å². The zero-order valence-corrected chi connectivity index (χ0v) is 16.9. The van der Waals surface area contributed by atoms with E-state index >= 15 is 0 Å². The van der Waals surface area contributed by atoms with E-state index in [1.165, 1.54) is 0 Å². The van der Waals surface area contributed by atoms with Gasteiger partial charge in [0.05, 0.1) is 5.75 Å². The van der Waals surface area contributed by atoms with Gasteiger partial charge >= 0.3 is 0 Å². The number of hydrogen-bond donors (Lipinski definition) is 2. The first-order valence-electron chi connectivity index (χ1n) is 9.79. The molecule has 1 aliphatic heterocycles. The standard InChI is InChI=1S/C18H30N4O4S/c1-12(2)16-10-14(6-8-22(16)27(24,25)9-3-7-19)20-18(23)15-11-17(26-21-15)13-4-5-13/h11-14,16H,3-10,19H2,1-2H3,(H,20,23)/t14-,16+/m1/s1. The third kappa shape index (κ3) is 4.89. The average Bonchev–Trinajstić information content (AvgIpc) is 3.36. The van der Waals surface area contributed by atoms with Crippen LogP contribution in [0.15, 0.2) is 10.6 Å². The van der Waals surface area contributed by atoms with E-state index in [2.05, 4.69) is 10.5 Å². The number of carbonyl (C=O) groups is 1. The van der Waals surface area contributed by atoms with Crippen molar-refractivity contribution in [3.05, 3.63) is 17.5 Å². The molecule has 0 aromatic carbocycles. The smallest absolute Gasteiger partial charge is 0.273 e. The molecule has 8 nitrogen and oxygen atoms in total. The minimum Gasteiger partial charge on any atom is -0.360 e. The van der Waals surface area contributed by atoms with Crippen LogP contribution < -0.4 is 11.1 Å². The van der Waals surface area contributed by atoms with Gasteiger partial charge in [-0.05, 0) is 44.6 Å². The molecule has 1 saturated carbocycles. The van der Waals surface area contributed by atoms with Gasteiger partial charge in [-0.15, -0.1) is 0 Å². The van der Waals surface area contributed by atoms with Gasteiger partial charge < -0.3 is 15.6 Å². The lowest BCUT2D eigenvalue weighted by molar-refractivity contribution is 0.0890. The SMILES string of the molecule is CC(C)[C@@H]1C[C@H](NC(=O)c2cc(C3CC3)on2)CCN1S(=O)(=O)CCCN. The van der Waals surface area contributed by atoms with Crippen LogP contribution in [0.25, 0.3) is 0 Å². The number of nitrogens with two attached hydrogens (primary N) is 1. The number of carbonyl (C=O) groups excluding carboxylic acids is 1. The Hall–Kier alpha value is -1.45. The van der Waals surface area contributed by atoms with Crippen molar-refractivity contribution >= 4 is 15.9 Å². The lowest BCUT2D eigenvalue weighted by atomic mass is 9.91. The molecule has 3 N–H and O–H groups in total. The highest BCUT2D eigenvalue weighted by Crippen LogP contribution is 2.40. The Morgan fingerprint density at radius 2 is 2.15 bits per heavy atom. The number of nitrogens with zero attached hydrogens (tertiary/aromatic N) is 2. The molecule has 0 spiro atoms. The molecule has 2 atom stereocenters. The van der Waals surface area contributed by atoms with E-state index in [9.17, 15) is 13.2 Å². The summed E-state index contributed by atoms with van der Waals surface area (Å²) in [4.78, 5) is 12.5. The van der Waals surface area contributed by atoms with Crippen LogP contribution in [0.1, 0.15) is 68.1 Å². The molecule has 0 unspecified atom stereocenters. The lowest BCUT2D eigenvalue weighted by Crippen LogP contribution is -2.54. The summed E-state index contributed by atoms with van der Waals surface area (Å²) in [5.41, 5.74) is 5.77. The van der Waals surface area contributed by atoms with Crippen molar-refractivity contribution < 1.29 is 17.7 Å². The fourth-order valence-electron chi connectivity index (χ4n) is 3.66. The second-order valence-electron chi connectivity index (χ2n) is 7.96. The summed E-state index contributed by atoms with van der Waals surface area (Å²) < 4.78 is 32.1. The molecular weight excluding hydrogens is 368 g/mol. The van der Waals surface area contributed by atoms with Crippen molar-refractivity contribution in [1.82, 2.24) is 14.8 Å². The van der Waals surface area contributed by atoms with Crippen molar-refractivity contribution in [1.29, 1.82) is 0 Å². The molecule has 2 fully saturated rings.